The molecule has 1 amide bonds. The van der Waals surface area contributed by atoms with Gasteiger partial charge in [0.2, 0.25) is 5.70 Å². The van der Waals surface area contributed by atoms with Crippen LogP contribution in [0.25, 0.3) is 10.9 Å². The number of aromatic nitrogens is 1. The summed E-state index contributed by atoms with van der Waals surface area (Å²) in [5, 5.41) is 18.4. The van der Waals surface area contributed by atoms with E-state index in [2.05, 4.69) is 41.4 Å². The van der Waals surface area contributed by atoms with Gasteiger partial charge in [-0.05, 0) is 61.2 Å². The number of phenols is 1. The van der Waals surface area contributed by atoms with Crippen LogP contribution in [0.4, 0.5) is 11.5 Å². The molecule has 7 nitrogen and oxygen atoms in total. The van der Waals surface area contributed by atoms with E-state index in [1.807, 2.05) is 18.3 Å². The van der Waals surface area contributed by atoms with Gasteiger partial charge in [0.25, 0.3) is 5.91 Å². The first kappa shape index (κ1) is 22.1. The molecule has 0 unspecified atom stereocenters. The van der Waals surface area contributed by atoms with Gasteiger partial charge in [-0.25, -0.2) is 10.5 Å². The molecule has 2 aromatic carbocycles. The van der Waals surface area contributed by atoms with E-state index in [1.165, 1.54) is 5.56 Å². The number of hydrogen-bond donors (Lipinski definition) is 4. The maximum absolute atomic E-state index is 12.7. The van der Waals surface area contributed by atoms with E-state index in [0.29, 0.717) is 22.9 Å². The smallest absolute Gasteiger partial charge is 0.283 e. The Balaban J connectivity index is 1.78. The molecule has 0 radical (unpaired) electrons. The lowest BCUT2D eigenvalue weighted by atomic mass is 10.0. The number of fused-ring (bicyclic) bond motifs is 1. The third kappa shape index (κ3) is 5.52. The Bertz CT molecular complexity index is 1170. The monoisotopic (exact) mass is 418 g/mol. The molecule has 3 rings (SSSR count). The molecule has 0 atom stereocenters. The molecular weight excluding hydrogens is 390 g/mol. The average Bonchev–Trinajstić information content (AvgIpc) is 2.70. The fourth-order valence-corrected chi connectivity index (χ4v) is 3.48. The zero-order valence-corrected chi connectivity index (χ0v) is 18.2. The molecule has 0 aliphatic heterocycles. The zero-order chi connectivity index (χ0) is 22.5. The summed E-state index contributed by atoms with van der Waals surface area (Å²) in [6.45, 7) is 8.19. The number of hydrogen-bond acceptors (Lipinski definition) is 5. The highest BCUT2D eigenvalue weighted by Gasteiger charge is 2.18. The molecule has 160 valence electrons. The molecule has 1 aromatic heterocycles. The van der Waals surface area contributed by atoms with Crippen LogP contribution in [0.1, 0.15) is 31.9 Å². The first-order valence-corrected chi connectivity index (χ1v) is 10.2. The van der Waals surface area contributed by atoms with Crippen LogP contribution in [0.5, 0.6) is 5.75 Å². The van der Waals surface area contributed by atoms with Crippen LogP contribution >= 0.6 is 0 Å². The van der Waals surface area contributed by atoms with E-state index in [9.17, 15) is 9.90 Å². The Morgan fingerprint density at radius 2 is 1.97 bits per heavy atom. The van der Waals surface area contributed by atoms with Crippen molar-refractivity contribution in [2.45, 2.75) is 34.1 Å². The number of allylic oxidation sites excluding steroid dienone is 1. The molecule has 1 heterocycles. The Labute approximate surface area is 181 Å². The minimum Gasteiger partial charge on any atom is -0.508 e. The number of nitrogens with zero attached hydrogens (tertiary/aromatic N) is 2. The number of anilines is 1. The third-order valence-electron chi connectivity index (χ3n) is 4.96. The summed E-state index contributed by atoms with van der Waals surface area (Å²) in [6.07, 6.45) is 1.02. The van der Waals surface area contributed by atoms with Crippen LogP contribution in [0, 0.1) is 18.4 Å². The molecule has 0 fully saturated rings. The van der Waals surface area contributed by atoms with Gasteiger partial charge in [-0.1, -0.05) is 26.0 Å². The van der Waals surface area contributed by atoms with E-state index >= 15 is 0 Å². The predicted molar refractivity (Wildman–Crippen MR) is 121 cm³/mol. The van der Waals surface area contributed by atoms with Crippen LogP contribution < -0.4 is 10.6 Å². The number of aromatic hydroxyl groups is 1. The maximum atomic E-state index is 12.7. The van der Waals surface area contributed by atoms with Gasteiger partial charge in [-0.3, -0.25) is 10.1 Å². The van der Waals surface area contributed by atoms with Gasteiger partial charge in [-0.2, -0.15) is 0 Å². The molecule has 0 bridgehead atoms. The molecule has 7 heteroatoms. The largest absolute Gasteiger partial charge is 0.508 e. The summed E-state index contributed by atoms with van der Waals surface area (Å²) >= 11 is 0. The highest BCUT2D eigenvalue weighted by molar-refractivity contribution is 6.03. The number of carbonyl (C=O) groups is 1. The van der Waals surface area contributed by atoms with E-state index in [4.69, 9.17) is 5.53 Å². The minimum atomic E-state index is -0.497. The number of nitrogens with one attached hydrogen (secondary N) is 2. The average molecular weight is 419 g/mol. The minimum absolute atomic E-state index is 0.0262. The van der Waals surface area contributed by atoms with Crippen molar-refractivity contribution in [2.24, 2.45) is 11.0 Å². The predicted octanol–water partition coefficient (Wildman–Crippen LogP) is 4.54. The summed E-state index contributed by atoms with van der Waals surface area (Å²) in [7, 11) is 0. The van der Waals surface area contributed by atoms with Gasteiger partial charge in [-0.15, -0.1) is 5.11 Å². The topological polar surface area (TPSA) is 115 Å². The summed E-state index contributed by atoms with van der Waals surface area (Å²) in [6, 6.07) is 14.5. The van der Waals surface area contributed by atoms with Crippen molar-refractivity contribution in [1.29, 1.82) is 5.53 Å². The lowest BCUT2D eigenvalue weighted by Crippen LogP contribution is -2.76. The van der Waals surface area contributed by atoms with Gasteiger partial charge < -0.3 is 10.4 Å². The molecule has 0 spiro atoms. The van der Waals surface area contributed by atoms with E-state index < -0.39 is 5.91 Å². The lowest BCUT2D eigenvalue weighted by Gasteiger charge is -2.10. The quantitative estimate of drug-likeness (QED) is 0.256. The SMILES string of the molecule is C/C([NH2+]c1ccc(CC(C)C)cc1C)=C(/N=N)C(=O)Nc1ccc2cc(O)ccc2n1. The summed E-state index contributed by atoms with van der Waals surface area (Å²) in [5.41, 5.74) is 12.2. The van der Waals surface area contributed by atoms with E-state index in [-0.39, 0.29) is 11.4 Å². The lowest BCUT2D eigenvalue weighted by molar-refractivity contribution is -0.518. The van der Waals surface area contributed by atoms with Crippen LogP contribution in [0.2, 0.25) is 0 Å². The molecular formula is C24H28N5O2+. The summed E-state index contributed by atoms with van der Waals surface area (Å²) in [4.78, 5) is 17.1. The number of aryl methyl sites for hydroxylation is 1. The van der Waals surface area contributed by atoms with Gasteiger partial charge >= 0.3 is 0 Å². The summed E-state index contributed by atoms with van der Waals surface area (Å²) < 4.78 is 0. The second-order valence-corrected chi connectivity index (χ2v) is 8.10. The van der Waals surface area contributed by atoms with Gasteiger partial charge in [0.05, 0.1) is 5.52 Å². The third-order valence-corrected chi connectivity index (χ3v) is 4.96. The van der Waals surface area contributed by atoms with Crippen molar-refractivity contribution in [2.75, 3.05) is 5.32 Å². The second kappa shape index (κ2) is 9.49. The molecule has 31 heavy (non-hydrogen) atoms. The number of amides is 1. The number of phenolic OH excluding ortho intramolecular Hbond substituents is 1. The normalized spacial score (nSPS) is 12.0. The number of rotatable bonds is 7. The highest BCUT2D eigenvalue weighted by Crippen LogP contribution is 2.21. The van der Waals surface area contributed by atoms with Gasteiger partial charge in [0, 0.05) is 17.9 Å². The Hall–Kier alpha value is -3.58. The number of benzene rings is 2. The molecule has 0 saturated carbocycles. The summed E-state index contributed by atoms with van der Waals surface area (Å²) in [5.74, 6) is 0.598. The van der Waals surface area contributed by atoms with Crippen molar-refractivity contribution in [1.82, 2.24) is 4.98 Å². The van der Waals surface area contributed by atoms with Crippen LogP contribution in [0.3, 0.4) is 0 Å². The fourth-order valence-electron chi connectivity index (χ4n) is 3.48. The first-order chi connectivity index (χ1) is 14.8. The number of nitrogens with two attached hydrogens (primary N) is 1. The standard InChI is InChI=1S/C24H27N5O2/c1-14(2)11-17-5-8-20(15(3)12-17)26-16(4)23(29-25)24(31)28-22-10-6-18-13-19(30)7-9-21(18)27-22/h5-10,12-14,25-26,30H,11H2,1-4H3,(H,27,28,31)/p+1/b23-16-,29-25?. The molecule has 0 saturated heterocycles. The Morgan fingerprint density at radius 3 is 2.65 bits per heavy atom. The van der Waals surface area contributed by atoms with E-state index in [0.717, 1.165) is 23.1 Å². The van der Waals surface area contributed by atoms with E-state index in [1.54, 1.807) is 37.3 Å². The van der Waals surface area contributed by atoms with Crippen LogP contribution in [0.15, 0.2) is 65.0 Å². The van der Waals surface area contributed by atoms with Gasteiger partial charge in [0.15, 0.2) is 0 Å². The van der Waals surface area contributed by atoms with Crippen molar-refractivity contribution in [3.63, 3.8) is 0 Å². The number of pyridine rings is 1. The van der Waals surface area contributed by atoms with Crippen molar-refractivity contribution < 1.29 is 15.2 Å². The molecule has 5 N–H and O–H groups in total. The molecule has 3 aromatic rings. The Morgan fingerprint density at radius 1 is 1.19 bits per heavy atom. The second-order valence-electron chi connectivity index (χ2n) is 8.10. The van der Waals surface area contributed by atoms with Gasteiger partial charge in [0.1, 0.15) is 23.0 Å². The zero-order valence-electron chi connectivity index (χ0n) is 18.2. The molecule has 0 aliphatic rings. The van der Waals surface area contributed by atoms with Crippen molar-refractivity contribution in [3.05, 3.63) is 71.1 Å². The first-order valence-electron chi connectivity index (χ1n) is 10.2. The number of carbonyl (C=O) groups excluding carboxylic acids is 1. The maximum Gasteiger partial charge on any atom is 0.283 e. The van der Waals surface area contributed by atoms with Crippen molar-refractivity contribution in [3.8, 4) is 5.75 Å². The highest BCUT2D eigenvalue weighted by atomic mass is 16.3. The fraction of sp³-hybridized carbons (Fsp3) is 0.250. The number of quaternary nitrogens is 1. The molecule has 0 aliphatic carbocycles. The van der Waals surface area contributed by atoms with Crippen molar-refractivity contribution >= 4 is 28.3 Å². The Kier molecular flexibility index (Phi) is 6.77. The van der Waals surface area contributed by atoms with Crippen LogP contribution in [-0.4, -0.2) is 16.0 Å². The van der Waals surface area contributed by atoms with Crippen LogP contribution in [-0.2, 0) is 11.2 Å².